The lowest BCUT2D eigenvalue weighted by atomic mass is 10.0. The van der Waals surface area contributed by atoms with E-state index in [0.717, 1.165) is 17.3 Å². The molecule has 0 N–H and O–H groups in total. The number of hydrogen-bond donors (Lipinski definition) is 0. The molecule has 0 bridgehead atoms. The van der Waals surface area contributed by atoms with Gasteiger partial charge in [0.1, 0.15) is 0 Å². The lowest BCUT2D eigenvalue weighted by Gasteiger charge is -2.14. The molecule has 5 heteroatoms. The van der Waals surface area contributed by atoms with Crippen molar-refractivity contribution in [2.24, 2.45) is 0 Å². The average molecular weight is 344 g/mol. The number of nitrogens with zero attached hydrogens (tertiary/aromatic N) is 1. The van der Waals surface area contributed by atoms with Gasteiger partial charge in [0.15, 0.2) is 0 Å². The second-order valence-electron chi connectivity index (χ2n) is 4.56. The quantitative estimate of drug-likeness (QED) is 0.707. The maximum atomic E-state index is 12.7. The molecule has 1 aromatic carbocycles. The van der Waals surface area contributed by atoms with Crippen LogP contribution in [0.3, 0.4) is 0 Å². The first-order valence-corrected chi connectivity index (χ1v) is 7.01. The molecule has 106 valence electrons. The van der Waals surface area contributed by atoms with Gasteiger partial charge in [-0.05, 0) is 30.2 Å². The minimum Gasteiger partial charge on any atom is -0.261 e. The molecule has 1 atom stereocenters. The number of hydrogen-bond acceptors (Lipinski definition) is 1. The van der Waals surface area contributed by atoms with Crippen LogP contribution >= 0.6 is 15.9 Å². The van der Waals surface area contributed by atoms with E-state index in [0.29, 0.717) is 12.0 Å². The molecular weight excluding hydrogens is 331 g/mol. The molecule has 0 saturated heterocycles. The van der Waals surface area contributed by atoms with E-state index in [9.17, 15) is 13.2 Å². The fraction of sp³-hybridized carbons (Fsp3) is 0.267. The maximum Gasteiger partial charge on any atom is 0.416 e. The number of halogens is 4. The van der Waals surface area contributed by atoms with Crippen molar-refractivity contribution < 1.29 is 13.2 Å². The summed E-state index contributed by atoms with van der Waals surface area (Å²) >= 11 is 3.45. The monoisotopic (exact) mass is 343 g/mol. The van der Waals surface area contributed by atoms with Crippen LogP contribution in [-0.2, 0) is 12.6 Å². The summed E-state index contributed by atoms with van der Waals surface area (Å²) in [6.45, 7) is 1.94. The second kappa shape index (κ2) is 5.95. The Hall–Kier alpha value is -1.36. The van der Waals surface area contributed by atoms with Crippen molar-refractivity contribution in [1.82, 2.24) is 4.98 Å². The van der Waals surface area contributed by atoms with Gasteiger partial charge in [-0.2, -0.15) is 13.2 Å². The predicted molar refractivity (Wildman–Crippen MR) is 75.8 cm³/mol. The van der Waals surface area contributed by atoms with Gasteiger partial charge in [0.2, 0.25) is 0 Å². The lowest BCUT2D eigenvalue weighted by Crippen LogP contribution is -2.06. The second-order valence-corrected chi connectivity index (χ2v) is 5.67. The van der Waals surface area contributed by atoms with Gasteiger partial charge in [0.25, 0.3) is 0 Å². The highest BCUT2D eigenvalue weighted by molar-refractivity contribution is 9.09. The Balaban J connectivity index is 2.22. The van der Waals surface area contributed by atoms with E-state index in [4.69, 9.17) is 0 Å². The first kappa shape index (κ1) is 15.0. The Morgan fingerprint density at radius 2 is 1.95 bits per heavy atom. The van der Waals surface area contributed by atoms with E-state index in [1.165, 1.54) is 12.1 Å². The fourth-order valence-corrected chi connectivity index (χ4v) is 2.52. The molecule has 1 unspecified atom stereocenters. The Morgan fingerprint density at radius 3 is 2.60 bits per heavy atom. The van der Waals surface area contributed by atoms with Crippen LogP contribution in [0.2, 0.25) is 0 Å². The number of alkyl halides is 4. The van der Waals surface area contributed by atoms with Gasteiger partial charge in [0, 0.05) is 23.1 Å². The molecular formula is C15H13BrF3N. The van der Waals surface area contributed by atoms with Gasteiger partial charge in [0.05, 0.1) is 5.56 Å². The fourth-order valence-electron chi connectivity index (χ4n) is 1.93. The summed E-state index contributed by atoms with van der Waals surface area (Å²) in [6, 6.07) is 9.15. The predicted octanol–water partition coefficient (Wildman–Crippen LogP) is 5.09. The maximum absolute atomic E-state index is 12.7. The minimum absolute atomic E-state index is 0.196. The van der Waals surface area contributed by atoms with E-state index in [-0.39, 0.29) is 4.83 Å². The molecule has 0 radical (unpaired) electrons. The van der Waals surface area contributed by atoms with Crippen LogP contribution in [0.5, 0.6) is 0 Å². The molecule has 0 saturated carbocycles. The van der Waals surface area contributed by atoms with E-state index in [1.807, 2.05) is 19.1 Å². The molecule has 0 fully saturated rings. The number of benzene rings is 1. The van der Waals surface area contributed by atoms with Crippen molar-refractivity contribution in [1.29, 1.82) is 0 Å². The Labute approximate surface area is 124 Å². The standard InChI is InChI=1S/C15H13BrF3N/c1-10-4-3-7-20-14(10)9-13(16)11-5-2-6-12(8-11)15(17,18)19/h2-8,13H,9H2,1H3. The topological polar surface area (TPSA) is 12.9 Å². The third-order valence-electron chi connectivity index (χ3n) is 3.07. The molecule has 2 aromatic rings. The third-order valence-corrected chi connectivity index (χ3v) is 3.92. The van der Waals surface area contributed by atoms with Crippen molar-refractivity contribution in [3.05, 3.63) is 65.0 Å². The Bertz CT molecular complexity index is 596. The molecule has 0 aliphatic heterocycles. The normalized spacial score (nSPS) is 13.2. The van der Waals surface area contributed by atoms with Crippen molar-refractivity contribution in [3.8, 4) is 0 Å². The summed E-state index contributed by atoms with van der Waals surface area (Å²) in [7, 11) is 0. The zero-order valence-electron chi connectivity index (χ0n) is 10.8. The van der Waals surface area contributed by atoms with Crippen molar-refractivity contribution in [2.45, 2.75) is 24.3 Å². The lowest BCUT2D eigenvalue weighted by molar-refractivity contribution is -0.137. The molecule has 1 nitrogen and oxygen atoms in total. The van der Waals surface area contributed by atoms with Gasteiger partial charge in [-0.3, -0.25) is 4.98 Å². The van der Waals surface area contributed by atoms with Crippen LogP contribution in [0.15, 0.2) is 42.6 Å². The molecule has 0 aliphatic carbocycles. The first-order chi connectivity index (χ1) is 9.38. The minimum atomic E-state index is -4.32. The van der Waals surface area contributed by atoms with Crippen molar-refractivity contribution in [3.63, 3.8) is 0 Å². The number of rotatable bonds is 3. The van der Waals surface area contributed by atoms with E-state index < -0.39 is 11.7 Å². The summed E-state index contributed by atoms with van der Waals surface area (Å²) in [5, 5.41) is 0. The highest BCUT2D eigenvalue weighted by atomic mass is 79.9. The number of pyridine rings is 1. The van der Waals surface area contributed by atoms with Crippen molar-refractivity contribution in [2.75, 3.05) is 0 Å². The smallest absolute Gasteiger partial charge is 0.261 e. The molecule has 0 spiro atoms. The van der Waals surface area contributed by atoms with Gasteiger partial charge in [-0.1, -0.05) is 40.2 Å². The summed E-state index contributed by atoms with van der Waals surface area (Å²) in [6.07, 6.45) is -2.08. The average Bonchev–Trinajstić information content (AvgIpc) is 2.40. The van der Waals surface area contributed by atoms with Crippen LogP contribution in [0, 0.1) is 6.92 Å². The van der Waals surface area contributed by atoms with Crippen LogP contribution in [0.25, 0.3) is 0 Å². The van der Waals surface area contributed by atoms with Gasteiger partial charge in [-0.25, -0.2) is 0 Å². The molecule has 20 heavy (non-hydrogen) atoms. The van der Waals surface area contributed by atoms with Crippen LogP contribution in [-0.4, -0.2) is 4.98 Å². The van der Waals surface area contributed by atoms with E-state index in [2.05, 4.69) is 20.9 Å². The SMILES string of the molecule is Cc1cccnc1CC(Br)c1cccc(C(F)(F)F)c1. The summed E-state index contributed by atoms with van der Waals surface area (Å²) in [5.41, 5.74) is 1.89. The molecule has 0 aliphatic rings. The molecule has 2 rings (SSSR count). The van der Waals surface area contributed by atoms with Gasteiger partial charge >= 0.3 is 6.18 Å². The number of aryl methyl sites for hydroxylation is 1. The Kier molecular flexibility index (Phi) is 4.48. The van der Waals surface area contributed by atoms with E-state index in [1.54, 1.807) is 12.3 Å². The molecule has 0 amide bonds. The highest BCUT2D eigenvalue weighted by Crippen LogP contribution is 2.33. The largest absolute Gasteiger partial charge is 0.416 e. The zero-order chi connectivity index (χ0) is 14.8. The Morgan fingerprint density at radius 1 is 1.20 bits per heavy atom. The summed E-state index contributed by atoms with van der Waals surface area (Å²) < 4.78 is 38.1. The molecule has 1 aromatic heterocycles. The van der Waals surface area contributed by atoms with Gasteiger partial charge < -0.3 is 0 Å². The van der Waals surface area contributed by atoms with Crippen LogP contribution in [0.1, 0.15) is 27.2 Å². The summed E-state index contributed by atoms with van der Waals surface area (Å²) in [5.74, 6) is 0. The van der Waals surface area contributed by atoms with Crippen molar-refractivity contribution >= 4 is 15.9 Å². The van der Waals surface area contributed by atoms with Gasteiger partial charge in [-0.15, -0.1) is 0 Å². The molecule has 1 heterocycles. The first-order valence-electron chi connectivity index (χ1n) is 6.09. The van der Waals surface area contributed by atoms with E-state index >= 15 is 0 Å². The zero-order valence-corrected chi connectivity index (χ0v) is 12.4. The highest BCUT2D eigenvalue weighted by Gasteiger charge is 2.30. The number of aromatic nitrogens is 1. The van der Waals surface area contributed by atoms with Crippen LogP contribution < -0.4 is 0 Å². The summed E-state index contributed by atoms with van der Waals surface area (Å²) in [4.78, 5) is 4.07. The third kappa shape index (κ3) is 3.60. The van der Waals surface area contributed by atoms with Crippen LogP contribution in [0.4, 0.5) is 13.2 Å².